The van der Waals surface area contributed by atoms with Gasteiger partial charge in [0, 0.05) is 6.07 Å². The van der Waals surface area contributed by atoms with Gasteiger partial charge in [0.1, 0.15) is 17.1 Å². The Bertz CT molecular complexity index is 586. The van der Waals surface area contributed by atoms with Gasteiger partial charge in [-0.1, -0.05) is 10.3 Å². The number of aromatic nitrogens is 2. The normalized spacial score (nSPS) is 9.83. The van der Waals surface area contributed by atoms with Crippen molar-refractivity contribution >= 4 is 5.69 Å². The lowest BCUT2D eigenvalue weighted by Crippen LogP contribution is -2.03. The number of ether oxygens (including phenoxy) is 1. The summed E-state index contributed by atoms with van der Waals surface area (Å²) in [4.78, 5) is 0. The number of nitrogens with one attached hydrogen (secondary N) is 1. The summed E-state index contributed by atoms with van der Waals surface area (Å²) in [5.41, 5.74) is 2.83. The van der Waals surface area contributed by atoms with Crippen LogP contribution in [0.15, 0.2) is 22.8 Å². The van der Waals surface area contributed by atoms with Crippen LogP contribution in [0.2, 0.25) is 0 Å². The Labute approximate surface area is 104 Å². The van der Waals surface area contributed by atoms with E-state index in [1.165, 1.54) is 0 Å². The third-order valence-corrected chi connectivity index (χ3v) is 2.52. The zero-order chi connectivity index (χ0) is 13.0. The molecule has 0 spiro atoms. The highest BCUT2D eigenvalue weighted by molar-refractivity contribution is 5.59. The largest absolute Gasteiger partial charge is 0.495 e. The van der Waals surface area contributed by atoms with Gasteiger partial charge < -0.3 is 10.1 Å². The average molecular weight is 244 g/mol. The fraction of sp³-hybridized carbons (Fsp3) is 0.250. The van der Waals surface area contributed by atoms with Crippen LogP contribution in [-0.4, -0.2) is 17.4 Å². The number of rotatable bonds is 4. The van der Waals surface area contributed by atoms with Gasteiger partial charge in [-0.25, -0.2) is 4.63 Å². The lowest BCUT2D eigenvalue weighted by atomic mass is 10.2. The second kappa shape index (κ2) is 5.19. The molecule has 6 nitrogen and oxygen atoms in total. The molecule has 0 saturated carbocycles. The number of aryl methyl sites for hydroxylation is 1. The Kier molecular flexibility index (Phi) is 3.44. The maximum absolute atomic E-state index is 8.81. The maximum atomic E-state index is 8.81. The highest BCUT2D eigenvalue weighted by Gasteiger charge is 2.08. The summed E-state index contributed by atoms with van der Waals surface area (Å²) in [6, 6.07) is 7.25. The second-order valence-electron chi connectivity index (χ2n) is 3.68. The summed E-state index contributed by atoms with van der Waals surface area (Å²) in [6.45, 7) is 2.31. The Morgan fingerprint density at radius 1 is 1.44 bits per heavy atom. The molecule has 1 heterocycles. The smallest absolute Gasteiger partial charge is 0.143 e. The van der Waals surface area contributed by atoms with Crippen LogP contribution in [0.4, 0.5) is 5.69 Å². The summed E-state index contributed by atoms with van der Waals surface area (Å²) < 4.78 is 9.83. The van der Waals surface area contributed by atoms with Gasteiger partial charge in [0.15, 0.2) is 0 Å². The molecule has 1 aromatic carbocycles. The molecule has 0 amide bonds. The average Bonchev–Trinajstić information content (AvgIpc) is 2.81. The summed E-state index contributed by atoms with van der Waals surface area (Å²) in [5, 5.41) is 19.4. The lowest BCUT2D eigenvalue weighted by Gasteiger charge is -2.10. The van der Waals surface area contributed by atoms with Crippen molar-refractivity contribution in [2.24, 2.45) is 0 Å². The van der Waals surface area contributed by atoms with E-state index < -0.39 is 0 Å². The van der Waals surface area contributed by atoms with E-state index in [1.807, 2.05) is 6.92 Å². The lowest BCUT2D eigenvalue weighted by molar-refractivity contribution is 0.301. The number of hydrogen-bond donors (Lipinski definition) is 1. The predicted molar refractivity (Wildman–Crippen MR) is 64.1 cm³/mol. The van der Waals surface area contributed by atoms with Crippen LogP contribution in [0.5, 0.6) is 5.75 Å². The van der Waals surface area contributed by atoms with Crippen LogP contribution in [0, 0.1) is 18.3 Å². The molecule has 0 bridgehead atoms. The minimum atomic E-state index is 0.484. The van der Waals surface area contributed by atoms with E-state index in [1.54, 1.807) is 25.3 Å². The van der Waals surface area contributed by atoms with Gasteiger partial charge in [0.25, 0.3) is 0 Å². The van der Waals surface area contributed by atoms with Gasteiger partial charge in [0.05, 0.1) is 31.0 Å². The Morgan fingerprint density at radius 3 is 2.89 bits per heavy atom. The van der Waals surface area contributed by atoms with Crippen LogP contribution >= 0.6 is 0 Å². The van der Waals surface area contributed by atoms with E-state index in [0.29, 0.717) is 17.9 Å². The molecule has 92 valence electrons. The highest BCUT2D eigenvalue weighted by Crippen LogP contribution is 2.25. The Morgan fingerprint density at radius 2 is 2.28 bits per heavy atom. The zero-order valence-electron chi connectivity index (χ0n) is 10.1. The molecule has 0 atom stereocenters. The molecular weight excluding hydrogens is 232 g/mol. The highest BCUT2D eigenvalue weighted by atomic mass is 16.6. The first-order chi connectivity index (χ1) is 8.74. The molecule has 0 aliphatic heterocycles. The first kappa shape index (κ1) is 11.9. The molecule has 6 heteroatoms. The predicted octanol–water partition coefficient (Wildman–Crippen LogP) is 1.87. The summed E-state index contributed by atoms with van der Waals surface area (Å²) >= 11 is 0. The van der Waals surface area contributed by atoms with Crippen LogP contribution in [0.1, 0.15) is 17.0 Å². The van der Waals surface area contributed by atoms with Crippen molar-refractivity contribution in [1.29, 1.82) is 5.26 Å². The summed E-state index contributed by atoms with van der Waals surface area (Å²) in [5.74, 6) is 0.614. The van der Waals surface area contributed by atoms with E-state index in [9.17, 15) is 0 Å². The molecule has 1 N–H and O–H groups in total. The number of methoxy groups -OCH3 is 1. The first-order valence-corrected chi connectivity index (χ1v) is 5.34. The minimum absolute atomic E-state index is 0.484. The van der Waals surface area contributed by atoms with Crippen molar-refractivity contribution in [3.05, 3.63) is 35.2 Å². The van der Waals surface area contributed by atoms with E-state index in [4.69, 9.17) is 10.00 Å². The fourth-order valence-electron chi connectivity index (χ4n) is 1.50. The number of nitriles is 1. The van der Waals surface area contributed by atoms with E-state index >= 15 is 0 Å². The number of anilines is 1. The number of nitrogens with zero attached hydrogens (tertiary/aromatic N) is 3. The van der Waals surface area contributed by atoms with Gasteiger partial charge in [-0.15, -0.1) is 0 Å². The molecule has 2 rings (SSSR count). The molecule has 1 aromatic heterocycles. The van der Waals surface area contributed by atoms with E-state index in [0.717, 1.165) is 17.1 Å². The molecule has 0 unspecified atom stereocenters. The van der Waals surface area contributed by atoms with Crippen LogP contribution in [0.25, 0.3) is 0 Å². The van der Waals surface area contributed by atoms with Crippen molar-refractivity contribution in [1.82, 2.24) is 10.3 Å². The second-order valence-corrected chi connectivity index (χ2v) is 3.68. The molecular formula is C12H12N4O2. The molecule has 0 aliphatic rings. The number of hydrogen-bond acceptors (Lipinski definition) is 6. The third kappa shape index (κ3) is 2.40. The van der Waals surface area contributed by atoms with Gasteiger partial charge in [0.2, 0.25) is 0 Å². The molecule has 2 aromatic rings. The topological polar surface area (TPSA) is 84.0 Å². The third-order valence-electron chi connectivity index (χ3n) is 2.52. The standard InChI is InChI=1S/C12H12N4O2/c1-8-11(16-18-15-8)7-14-10-4-3-9(6-13)5-12(10)17-2/h3-5,14H,7H2,1-2H3. The molecule has 0 saturated heterocycles. The van der Waals surface area contributed by atoms with Crippen molar-refractivity contribution in [2.45, 2.75) is 13.5 Å². The van der Waals surface area contributed by atoms with Crippen molar-refractivity contribution in [2.75, 3.05) is 12.4 Å². The summed E-state index contributed by atoms with van der Waals surface area (Å²) in [6.07, 6.45) is 0. The van der Waals surface area contributed by atoms with Crippen LogP contribution < -0.4 is 10.1 Å². The molecule has 0 radical (unpaired) electrons. The Balaban J connectivity index is 2.15. The van der Waals surface area contributed by atoms with Crippen LogP contribution in [-0.2, 0) is 6.54 Å². The SMILES string of the molecule is COc1cc(C#N)ccc1NCc1nonc1C. The monoisotopic (exact) mass is 244 g/mol. The summed E-state index contributed by atoms with van der Waals surface area (Å²) in [7, 11) is 1.56. The fourth-order valence-corrected chi connectivity index (χ4v) is 1.50. The maximum Gasteiger partial charge on any atom is 0.143 e. The quantitative estimate of drug-likeness (QED) is 0.883. The van der Waals surface area contributed by atoms with E-state index in [-0.39, 0.29) is 0 Å². The molecule has 0 aliphatic carbocycles. The number of benzene rings is 1. The van der Waals surface area contributed by atoms with Gasteiger partial charge in [-0.3, -0.25) is 0 Å². The zero-order valence-corrected chi connectivity index (χ0v) is 10.1. The molecule has 0 fully saturated rings. The van der Waals surface area contributed by atoms with Crippen LogP contribution in [0.3, 0.4) is 0 Å². The molecule has 18 heavy (non-hydrogen) atoms. The van der Waals surface area contributed by atoms with E-state index in [2.05, 4.69) is 26.3 Å². The van der Waals surface area contributed by atoms with Crippen molar-refractivity contribution in [3.8, 4) is 11.8 Å². The first-order valence-electron chi connectivity index (χ1n) is 5.34. The van der Waals surface area contributed by atoms with Gasteiger partial charge in [-0.05, 0) is 19.1 Å². The van der Waals surface area contributed by atoms with Gasteiger partial charge in [-0.2, -0.15) is 5.26 Å². The van der Waals surface area contributed by atoms with Crippen molar-refractivity contribution in [3.63, 3.8) is 0 Å². The minimum Gasteiger partial charge on any atom is -0.495 e. The Hall–Kier alpha value is -2.55. The van der Waals surface area contributed by atoms with Gasteiger partial charge >= 0.3 is 0 Å². The van der Waals surface area contributed by atoms with Crippen molar-refractivity contribution < 1.29 is 9.37 Å².